The van der Waals surface area contributed by atoms with Gasteiger partial charge in [0.15, 0.2) is 0 Å². The van der Waals surface area contributed by atoms with Crippen molar-refractivity contribution in [2.24, 2.45) is 0 Å². The van der Waals surface area contributed by atoms with E-state index in [4.69, 9.17) is 4.74 Å². The van der Waals surface area contributed by atoms with Crippen molar-refractivity contribution in [1.29, 1.82) is 0 Å². The quantitative estimate of drug-likeness (QED) is 0.374. The van der Waals surface area contributed by atoms with Crippen LogP contribution in [0, 0.1) is 0 Å². The summed E-state index contributed by atoms with van der Waals surface area (Å²) in [6.45, 7) is 3.30. The number of hydrogen-bond donors (Lipinski definition) is 3. The van der Waals surface area contributed by atoms with Gasteiger partial charge in [0, 0.05) is 25.9 Å². The summed E-state index contributed by atoms with van der Waals surface area (Å²) in [5, 5.41) is 8.60. The lowest BCUT2D eigenvalue weighted by atomic mass is 10.0. The molecule has 0 aromatic heterocycles. The largest absolute Gasteiger partial charge is 0.491 e. The Bertz CT molecular complexity index is 1370. The van der Waals surface area contributed by atoms with E-state index in [1.54, 1.807) is 29.2 Å². The molecular weight excluding hydrogens is 544 g/mol. The normalized spacial score (nSPS) is 18.3. The maximum Gasteiger partial charge on any atom is 0.255 e. The van der Waals surface area contributed by atoms with Gasteiger partial charge in [-0.05, 0) is 36.1 Å². The Kier molecular flexibility index (Phi) is 11.7. The molecule has 43 heavy (non-hydrogen) atoms. The first-order valence-corrected chi connectivity index (χ1v) is 14.9. The molecule has 0 unspecified atom stereocenters. The number of carbonyl (C=O) groups is 4. The minimum atomic E-state index is -0.982. The molecule has 0 fully saturated rings. The third-order valence-corrected chi connectivity index (χ3v) is 7.35. The van der Waals surface area contributed by atoms with Crippen LogP contribution in [0.4, 0.5) is 0 Å². The van der Waals surface area contributed by atoms with Gasteiger partial charge in [-0.3, -0.25) is 19.2 Å². The molecule has 0 saturated heterocycles. The van der Waals surface area contributed by atoms with Crippen LogP contribution in [0.3, 0.4) is 0 Å². The van der Waals surface area contributed by atoms with Crippen LogP contribution in [-0.4, -0.2) is 60.3 Å². The summed E-state index contributed by atoms with van der Waals surface area (Å²) in [6, 6.07) is 24.0. The number of nitrogens with one attached hydrogen (secondary N) is 3. The molecule has 0 saturated carbocycles. The Morgan fingerprint density at radius 3 is 2.30 bits per heavy atom. The maximum atomic E-state index is 13.9. The molecule has 1 aliphatic rings. The molecular formula is C34H40N4O5. The second-order valence-electron chi connectivity index (χ2n) is 10.6. The molecule has 3 aromatic carbocycles. The summed E-state index contributed by atoms with van der Waals surface area (Å²) in [5.74, 6) is -1.09. The van der Waals surface area contributed by atoms with Gasteiger partial charge < -0.3 is 25.6 Å². The zero-order valence-corrected chi connectivity index (χ0v) is 24.6. The minimum absolute atomic E-state index is 0.0486. The fourth-order valence-electron chi connectivity index (χ4n) is 4.95. The first kappa shape index (κ1) is 31.3. The summed E-state index contributed by atoms with van der Waals surface area (Å²) in [7, 11) is 0. The number of para-hydroxylation sites is 1. The highest BCUT2D eigenvalue weighted by Gasteiger charge is 2.29. The van der Waals surface area contributed by atoms with E-state index >= 15 is 0 Å². The van der Waals surface area contributed by atoms with Crippen molar-refractivity contribution in [2.75, 3.05) is 19.7 Å². The summed E-state index contributed by atoms with van der Waals surface area (Å²) in [6.07, 6.45) is 2.02. The zero-order chi connectivity index (χ0) is 30.4. The average molecular weight is 585 g/mol. The van der Waals surface area contributed by atoms with Crippen molar-refractivity contribution >= 4 is 23.6 Å². The summed E-state index contributed by atoms with van der Waals surface area (Å²) < 4.78 is 6.03. The van der Waals surface area contributed by atoms with Gasteiger partial charge in [-0.2, -0.15) is 0 Å². The van der Waals surface area contributed by atoms with Crippen molar-refractivity contribution in [3.8, 4) is 5.75 Å². The molecule has 3 aromatic rings. The standard InChI is InChI=1S/C34H40N4O5/c1-2-3-20-38-21-22-43-30-17-11-10-16-27(30)32(40)37-28(33(41)35-24-26-14-8-5-9-15-26)18-19-31(39)36-29(34(38)42)23-25-12-6-4-7-13-25/h4-17,28-29H,2-3,18-24H2,1H3,(H,35,41)(H,36,39)(H,37,40)/t28-,29-/m0/s1. The first-order chi connectivity index (χ1) is 20.9. The lowest BCUT2D eigenvalue weighted by Crippen LogP contribution is -2.51. The van der Waals surface area contributed by atoms with Gasteiger partial charge in [-0.25, -0.2) is 0 Å². The summed E-state index contributed by atoms with van der Waals surface area (Å²) in [5.41, 5.74) is 2.10. The molecule has 4 amide bonds. The third-order valence-electron chi connectivity index (χ3n) is 7.35. The smallest absolute Gasteiger partial charge is 0.255 e. The average Bonchev–Trinajstić information content (AvgIpc) is 3.03. The van der Waals surface area contributed by atoms with Crippen LogP contribution in [0.25, 0.3) is 0 Å². The van der Waals surface area contributed by atoms with E-state index < -0.39 is 23.9 Å². The lowest BCUT2D eigenvalue weighted by molar-refractivity contribution is -0.137. The van der Waals surface area contributed by atoms with Crippen LogP contribution in [0.1, 0.15) is 54.1 Å². The molecule has 4 rings (SSSR count). The van der Waals surface area contributed by atoms with Crippen LogP contribution >= 0.6 is 0 Å². The van der Waals surface area contributed by atoms with Crippen molar-refractivity contribution < 1.29 is 23.9 Å². The second kappa shape index (κ2) is 16.1. The van der Waals surface area contributed by atoms with E-state index in [0.717, 1.165) is 24.0 Å². The Labute approximate surface area is 253 Å². The number of amides is 4. The molecule has 1 heterocycles. The second-order valence-corrected chi connectivity index (χ2v) is 10.6. The Morgan fingerprint density at radius 2 is 1.58 bits per heavy atom. The van der Waals surface area contributed by atoms with Crippen molar-refractivity contribution in [1.82, 2.24) is 20.9 Å². The van der Waals surface area contributed by atoms with Gasteiger partial charge >= 0.3 is 0 Å². The van der Waals surface area contributed by atoms with E-state index in [9.17, 15) is 19.2 Å². The molecule has 0 aliphatic carbocycles. The molecule has 1 aliphatic heterocycles. The molecule has 9 nitrogen and oxygen atoms in total. The molecule has 0 bridgehead atoms. The molecule has 3 N–H and O–H groups in total. The van der Waals surface area contributed by atoms with E-state index in [-0.39, 0.29) is 43.4 Å². The van der Waals surface area contributed by atoms with Gasteiger partial charge in [0.1, 0.15) is 24.4 Å². The molecule has 2 atom stereocenters. The van der Waals surface area contributed by atoms with Crippen LogP contribution in [0.15, 0.2) is 84.9 Å². The maximum absolute atomic E-state index is 13.9. The number of rotatable bonds is 8. The van der Waals surface area contributed by atoms with Crippen molar-refractivity contribution in [3.63, 3.8) is 0 Å². The third kappa shape index (κ3) is 9.43. The highest BCUT2D eigenvalue weighted by molar-refractivity contribution is 5.99. The fourth-order valence-corrected chi connectivity index (χ4v) is 4.95. The molecule has 0 spiro atoms. The highest BCUT2D eigenvalue weighted by atomic mass is 16.5. The number of unbranched alkanes of at least 4 members (excludes halogenated alkanes) is 1. The summed E-state index contributed by atoms with van der Waals surface area (Å²) >= 11 is 0. The Morgan fingerprint density at radius 1 is 0.907 bits per heavy atom. The number of hydrogen-bond acceptors (Lipinski definition) is 5. The van der Waals surface area contributed by atoms with Crippen LogP contribution in [0.2, 0.25) is 0 Å². The van der Waals surface area contributed by atoms with Crippen LogP contribution < -0.4 is 20.7 Å². The zero-order valence-electron chi connectivity index (χ0n) is 24.6. The van der Waals surface area contributed by atoms with Crippen LogP contribution in [-0.2, 0) is 27.3 Å². The molecule has 9 heteroatoms. The number of carbonyl (C=O) groups excluding carboxylic acids is 4. The van der Waals surface area contributed by atoms with E-state index in [0.29, 0.717) is 25.3 Å². The van der Waals surface area contributed by atoms with Gasteiger partial charge in [-0.15, -0.1) is 0 Å². The van der Waals surface area contributed by atoms with Crippen LogP contribution in [0.5, 0.6) is 5.75 Å². The van der Waals surface area contributed by atoms with Crippen molar-refractivity contribution in [3.05, 3.63) is 102 Å². The predicted octanol–water partition coefficient (Wildman–Crippen LogP) is 3.63. The SMILES string of the molecule is CCCCN1CCOc2ccccc2C(=O)N[C@H](C(=O)NCc2ccccc2)CCC(=O)N[C@@H](Cc2ccccc2)C1=O. The van der Waals surface area contributed by atoms with E-state index in [1.807, 2.05) is 60.7 Å². The number of benzene rings is 3. The van der Waals surface area contributed by atoms with E-state index in [1.165, 1.54) is 0 Å². The van der Waals surface area contributed by atoms with Crippen molar-refractivity contribution in [2.45, 2.75) is 57.7 Å². The van der Waals surface area contributed by atoms with Gasteiger partial charge in [0.05, 0.1) is 12.1 Å². The summed E-state index contributed by atoms with van der Waals surface area (Å²) in [4.78, 5) is 55.5. The lowest BCUT2D eigenvalue weighted by Gasteiger charge is -2.28. The molecule has 0 radical (unpaired) electrons. The number of ether oxygens (including phenoxy) is 1. The Hall–Kier alpha value is -4.66. The molecule has 226 valence electrons. The van der Waals surface area contributed by atoms with Gasteiger partial charge in [0.2, 0.25) is 17.7 Å². The first-order valence-electron chi connectivity index (χ1n) is 14.9. The fraction of sp³-hybridized carbons (Fsp3) is 0.353. The predicted molar refractivity (Wildman–Crippen MR) is 164 cm³/mol. The number of fused-ring (bicyclic) bond motifs is 1. The number of nitrogens with zero attached hydrogens (tertiary/aromatic N) is 1. The van der Waals surface area contributed by atoms with Gasteiger partial charge in [0.25, 0.3) is 5.91 Å². The van der Waals surface area contributed by atoms with E-state index in [2.05, 4.69) is 22.9 Å². The monoisotopic (exact) mass is 584 g/mol. The minimum Gasteiger partial charge on any atom is -0.491 e. The highest BCUT2D eigenvalue weighted by Crippen LogP contribution is 2.19. The Balaban J connectivity index is 1.59. The topological polar surface area (TPSA) is 117 Å². The van der Waals surface area contributed by atoms with Gasteiger partial charge in [-0.1, -0.05) is 86.1 Å².